The van der Waals surface area contributed by atoms with Gasteiger partial charge in [-0.2, -0.15) is 0 Å². The van der Waals surface area contributed by atoms with Crippen LogP contribution in [0.4, 0.5) is 0 Å². The van der Waals surface area contributed by atoms with Crippen LogP contribution in [0.25, 0.3) is 0 Å². The summed E-state index contributed by atoms with van der Waals surface area (Å²) in [5.74, 6) is 0. The molecule has 0 aliphatic carbocycles. The quantitative estimate of drug-likeness (QED) is 0.627. The molecule has 1 rings (SSSR count). The zero-order valence-corrected chi connectivity index (χ0v) is 8.38. The van der Waals surface area contributed by atoms with Gasteiger partial charge in [-0.3, -0.25) is 4.79 Å². The second-order valence-corrected chi connectivity index (χ2v) is 3.81. The Morgan fingerprint density at radius 1 is 1.54 bits per heavy atom. The summed E-state index contributed by atoms with van der Waals surface area (Å²) in [7, 11) is 0. The van der Waals surface area contributed by atoms with Crippen molar-refractivity contribution in [3.8, 4) is 0 Å². The van der Waals surface area contributed by atoms with Crippen LogP contribution in [0.2, 0.25) is 0 Å². The molecular weight excluding hydrogens is 164 g/mol. The summed E-state index contributed by atoms with van der Waals surface area (Å²) in [6.45, 7) is 3.16. The average Bonchev–Trinajstić information content (AvgIpc) is 2.17. The Bertz CT molecular complexity index is 142. The number of hydrogen-bond acceptors (Lipinski definition) is 2. The van der Waals surface area contributed by atoms with Crippen molar-refractivity contribution in [2.24, 2.45) is 0 Å². The lowest BCUT2D eigenvalue weighted by atomic mass is 9.97. The SMILES string of the molecule is CCCCC1CCC(NC=O)CN1. The Kier molecular flexibility index (Phi) is 4.83. The molecule has 0 aromatic rings. The van der Waals surface area contributed by atoms with Gasteiger partial charge >= 0.3 is 0 Å². The van der Waals surface area contributed by atoms with Gasteiger partial charge in [0.2, 0.25) is 6.41 Å². The molecule has 1 heterocycles. The molecule has 2 N–H and O–H groups in total. The van der Waals surface area contributed by atoms with Crippen molar-refractivity contribution in [1.82, 2.24) is 10.6 Å². The number of amides is 1. The van der Waals surface area contributed by atoms with E-state index in [2.05, 4.69) is 17.6 Å². The van der Waals surface area contributed by atoms with E-state index in [1.807, 2.05) is 0 Å². The highest BCUT2D eigenvalue weighted by atomic mass is 16.1. The highest BCUT2D eigenvalue weighted by Gasteiger charge is 2.18. The van der Waals surface area contributed by atoms with Crippen LogP contribution in [0, 0.1) is 0 Å². The molecule has 0 aromatic carbocycles. The molecule has 3 nitrogen and oxygen atoms in total. The van der Waals surface area contributed by atoms with Gasteiger partial charge in [0.1, 0.15) is 0 Å². The number of piperidine rings is 1. The maximum absolute atomic E-state index is 10.2. The fraction of sp³-hybridized carbons (Fsp3) is 0.900. The lowest BCUT2D eigenvalue weighted by Gasteiger charge is -2.29. The minimum atomic E-state index is 0.357. The monoisotopic (exact) mass is 184 g/mol. The molecule has 0 spiro atoms. The predicted octanol–water partition coefficient (Wildman–Crippen LogP) is 1.04. The Hall–Kier alpha value is -0.570. The van der Waals surface area contributed by atoms with Crippen molar-refractivity contribution < 1.29 is 4.79 Å². The standard InChI is InChI=1S/C10H20N2O/c1-2-3-4-9-5-6-10(7-11-9)12-8-13/h8-11H,2-7H2,1H3,(H,12,13). The van der Waals surface area contributed by atoms with E-state index in [-0.39, 0.29) is 0 Å². The third kappa shape index (κ3) is 3.77. The summed E-state index contributed by atoms with van der Waals surface area (Å²) in [5, 5.41) is 6.29. The predicted molar refractivity (Wildman–Crippen MR) is 53.5 cm³/mol. The highest BCUT2D eigenvalue weighted by Crippen LogP contribution is 2.12. The van der Waals surface area contributed by atoms with E-state index in [9.17, 15) is 4.79 Å². The van der Waals surface area contributed by atoms with Gasteiger partial charge in [-0.05, 0) is 19.3 Å². The lowest BCUT2D eigenvalue weighted by molar-refractivity contribution is -0.110. The molecular formula is C10H20N2O. The second kappa shape index (κ2) is 5.97. The molecule has 1 fully saturated rings. The fourth-order valence-corrected chi connectivity index (χ4v) is 1.85. The molecule has 13 heavy (non-hydrogen) atoms. The van der Waals surface area contributed by atoms with Crippen molar-refractivity contribution >= 4 is 6.41 Å². The van der Waals surface area contributed by atoms with Gasteiger partial charge in [-0.25, -0.2) is 0 Å². The molecule has 1 saturated heterocycles. The number of carbonyl (C=O) groups excluding carboxylic acids is 1. The topological polar surface area (TPSA) is 41.1 Å². The Balaban J connectivity index is 2.11. The molecule has 0 bridgehead atoms. The van der Waals surface area contributed by atoms with E-state index < -0.39 is 0 Å². The van der Waals surface area contributed by atoms with Gasteiger partial charge in [-0.15, -0.1) is 0 Å². The molecule has 2 atom stereocenters. The first kappa shape index (κ1) is 10.5. The van der Waals surface area contributed by atoms with Crippen LogP contribution in [-0.4, -0.2) is 25.0 Å². The normalized spacial score (nSPS) is 28.4. The van der Waals surface area contributed by atoms with Gasteiger partial charge in [0.25, 0.3) is 0 Å². The molecule has 0 saturated carbocycles. The first-order valence-corrected chi connectivity index (χ1v) is 5.30. The van der Waals surface area contributed by atoms with Crippen molar-refractivity contribution in [2.75, 3.05) is 6.54 Å². The summed E-state index contributed by atoms with van der Waals surface area (Å²) < 4.78 is 0. The van der Waals surface area contributed by atoms with E-state index in [1.54, 1.807) is 0 Å². The molecule has 1 aliphatic rings. The molecule has 2 unspecified atom stereocenters. The van der Waals surface area contributed by atoms with Crippen LogP contribution in [0.5, 0.6) is 0 Å². The van der Waals surface area contributed by atoms with Crippen LogP contribution >= 0.6 is 0 Å². The second-order valence-electron chi connectivity index (χ2n) is 3.81. The average molecular weight is 184 g/mol. The van der Waals surface area contributed by atoms with Gasteiger partial charge in [-0.1, -0.05) is 19.8 Å². The lowest BCUT2D eigenvalue weighted by Crippen LogP contribution is -2.47. The zero-order chi connectivity index (χ0) is 9.52. The van der Waals surface area contributed by atoms with Crippen molar-refractivity contribution in [3.05, 3.63) is 0 Å². The molecule has 76 valence electrons. The molecule has 0 aromatic heterocycles. The Labute approximate surface area is 80.3 Å². The van der Waals surface area contributed by atoms with Crippen molar-refractivity contribution in [3.63, 3.8) is 0 Å². The Morgan fingerprint density at radius 2 is 2.38 bits per heavy atom. The van der Waals surface area contributed by atoms with Gasteiger partial charge in [0, 0.05) is 18.6 Å². The number of unbranched alkanes of at least 4 members (excludes halogenated alkanes) is 1. The first-order chi connectivity index (χ1) is 6.36. The van der Waals surface area contributed by atoms with E-state index in [0.717, 1.165) is 19.4 Å². The number of carbonyl (C=O) groups is 1. The van der Waals surface area contributed by atoms with Crippen LogP contribution < -0.4 is 10.6 Å². The van der Waals surface area contributed by atoms with Crippen molar-refractivity contribution in [2.45, 2.75) is 51.1 Å². The third-order valence-electron chi connectivity index (χ3n) is 2.73. The maximum Gasteiger partial charge on any atom is 0.207 e. The molecule has 3 heteroatoms. The third-order valence-corrected chi connectivity index (χ3v) is 2.73. The summed E-state index contributed by atoms with van der Waals surface area (Å²) in [6, 6.07) is 1.04. The number of hydrogen-bond donors (Lipinski definition) is 2. The zero-order valence-electron chi connectivity index (χ0n) is 8.38. The first-order valence-electron chi connectivity index (χ1n) is 5.30. The minimum Gasteiger partial charge on any atom is -0.355 e. The van der Waals surface area contributed by atoms with Crippen LogP contribution in [-0.2, 0) is 4.79 Å². The van der Waals surface area contributed by atoms with E-state index in [0.29, 0.717) is 12.1 Å². The molecule has 1 amide bonds. The highest BCUT2D eigenvalue weighted by molar-refractivity contribution is 5.46. The van der Waals surface area contributed by atoms with Crippen LogP contribution in [0.15, 0.2) is 0 Å². The minimum absolute atomic E-state index is 0.357. The molecule has 0 radical (unpaired) electrons. The summed E-state index contributed by atoms with van der Waals surface area (Å²) in [6.07, 6.45) is 6.99. The van der Waals surface area contributed by atoms with Gasteiger partial charge in [0.05, 0.1) is 0 Å². The largest absolute Gasteiger partial charge is 0.355 e. The van der Waals surface area contributed by atoms with Crippen LogP contribution in [0.1, 0.15) is 39.0 Å². The Morgan fingerprint density at radius 3 is 2.92 bits per heavy atom. The fourth-order valence-electron chi connectivity index (χ4n) is 1.85. The summed E-state index contributed by atoms with van der Waals surface area (Å²) in [4.78, 5) is 10.2. The summed E-state index contributed by atoms with van der Waals surface area (Å²) in [5.41, 5.74) is 0. The van der Waals surface area contributed by atoms with Crippen LogP contribution in [0.3, 0.4) is 0 Å². The number of nitrogens with one attached hydrogen (secondary N) is 2. The smallest absolute Gasteiger partial charge is 0.207 e. The van der Waals surface area contributed by atoms with E-state index in [1.165, 1.54) is 25.7 Å². The van der Waals surface area contributed by atoms with Gasteiger partial charge in [0.15, 0.2) is 0 Å². The van der Waals surface area contributed by atoms with Crippen molar-refractivity contribution in [1.29, 1.82) is 0 Å². The van der Waals surface area contributed by atoms with Gasteiger partial charge < -0.3 is 10.6 Å². The van der Waals surface area contributed by atoms with E-state index in [4.69, 9.17) is 0 Å². The molecule has 1 aliphatic heterocycles. The maximum atomic E-state index is 10.2. The summed E-state index contributed by atoms with van der Waals surface area (Å²) >= 11 is 0. The van der Waals surface area contributed by atoms with E-state index >= 15 is 0 Å². The number of rotatable bonds is 5.